The van der Waals surface area contributed by atoms with Gasteiger partial charge in [0.1, 0.15) is 12.4 Å². The monoisotopic (exact) mass is 276 g/mol. The Morgan fingerprint density at radius 3 is 3.20 bits per heavy atom. The molecule has 2 atom stereocenters. The number of hydrogen-bond acceptors (Lipinski definition) is 5. The molecule has 0 unspecified atom stereocenters. The summed E-state index contributed by atoms with van der Waals surface area (Å²) in [4.78, 5) is 4.11. The Balaban J connectivity index is 1.59. The van der Waals surface area contributed by atoms with Crippen molar-refractivity contribution in [1.82, 2.24) is 20.1 Å². The third-order valence-corrected chi connectivity index (χ3v) is 3.79. The van der Waals surface area contributed by atoms with Crippen molar-refractivity contribution in [3.05, 3.63) is 36.3 Å². The lowest BCUT2D eigenvalue weighted by Crippen LogP contribution is -2.32. The molecule has 1 saturated heterocycles. The van der Waals surface area contributed by atoms with E-state index in [0.29, 0.717) is 5.92 Å². The van der Waals surface area contributed by atoms with Gasteiger partial charge in [-0.3, -0.25) is 4.68 Å². The minimum absolute atomic E-state index is 0.126. The van der Waals surface area contributed by atoms with E-state index in [1.807, 2.05) is 24.0 Å². The molecule has 6 heteroatoms. The number of aromatic nitrogens is 3. The first-order valence-corrected chi connectivity index (χ1v) is 7.02. The lowest BCUT2D eigenvalue weighted by atomic mass is 9.92. The van der Waals surface area contributed by atoms with Crippen LogP contribution in [0.1, 0.15) is 30.3 Å². The number of hydrogen-bond donors (Lipinski definition) is 1. The fourth-order valence-corrected chi connectivity index (χ4v) is 2.75. The van der Waals surface area contributed by atoms with E-state index in [-0.39, 0.29) is 6.10 Å². The average Bonchev–Trinajstić information content (AvgIpc) is 3.11. The molecule has 0 saturated carbocycles. The maximum Gasteiger partial charge on any atom is 0.180 e. The topological polar surface area (TPSA) is 65.1 Å². The summed E-state index contributed by atoms with van der Waals surface area (Å²) >= 11 is 0. The van der Waals surface area contributed by atoms with E-state index in [1.165, 1.54) is 12.8 Å². The largest absolute Gasteiger partial charge is 0.451 e. The smallest absolute Gasteiger partial charge is 0.180 e. The molecule has 2 aromatic heterocycles. The van der Waals surface area contributed by atoms with Crippen molar-refractivity contribution < 1.29 is 9.15 Å². The molecule has 0 aromatic carbocycles. The number of nitrogens with zero attached hydrogens (tertiary/aromatic N) is 3. The molecular formula is C14H20N4O2. The molecule has 1 N–H and O–H groups in total. The van der Waals surface area contributed by atoms with Crippen molar-refractivity contribution in [2.75, 3.05) is 13.2 Å². The van der Waals surface area contributed by atoms with Gasteiger partial charge in [0.05, 0.1) is 11.4 Å². The normalized spacial score (nSPS) is 23.1. The van der Waals surface area contributed by atoms with Gasteiger partial charge in [0.25, 0.3) is 0 Å². The van der Waals surface area contributed by atoms with Crippen molar-refractivity contribution in [3.8, 4) is 0 Å². The molecule has 1 aliphatic heterocycles. The molecule has 0 spiro atoms. The molecule has 108 valence electrons. The van der Waals surface area contributed by atoms with Crippen molar-refractivity contribution >= 4 is 0 Å². The minimum Gasteiger partial charge on any atom is -0.451 e. The van der Waals surface area contributed by atoms with Crippen LogP contribution in [0.3, 0.4) is 0 Å². The number of aryl methyl sites for hydroxylation is 1. The van der Waals surface area contributed by atoms with E-state index in [1.54, 1.807) is 6.26 Å². The number of nitrogens with one attached hydrogen (secondary N) is 1. The molecule has 3 heterocycles. The molecule has 20 heavy (non-hydrogen) atoms. The third-order valence-electron chi connectivity index (χ3n) is 3.79. The summed E-state index contributed by atoms with van der Waals surface area (Å²) < 4.78 is 12.8. The highest BCUT2D eigenvalue weighted by atomic mass is 16.5. The van der Waals surface area contributed by atoms with Crippen molar-refractivity contribution in [2.45, 2.75) is 25.5 Å². The molecular weight excluding hydrogens is 256 g/mol. The molecule has 0 bridgehead atoms. The Labute approximate surface area is 118 Å². The van der Waals surface area contributed by atoms with E-state index in [2.05, 4.69) is 15.4 Å². The SMILES string of the molecule is Cn1nccc1[C@@H]1OCCC[C@H]1CNCc1cocn1. The van der Waals surface area contributed by atoms with Crippen molar-refractivity contribution in [1.29, 1.82) is 0 Å². The summed E-state index contributed by atoms with van der Waals surface area (Å²) in [6.07, 6.45) is 7.36. The highest BCUT2D eigenvalue weighted by Crippen LogP contribution is 2.32. The summed E-state index contributed by atoms with van der Waals surface area (Å²) in [5, 5.41) is 7.68. The lowest BCUT2D eigenvalue weighted by Gasteiger charge is -2.32. The average molecular weight is 276 g/mol. The number of oxazole rings is 1. The van der Waals surface area contributed by atoms with Gasteiger partial charge in [-0.15, -0.1) is 0 Å². The second-order valence-corrected chi connectivity index (χ2v) is 5.18. The minimum atomic E-state index is 0.126. The van der Waals surface area contributed by atoms with Gasteiger partial charge in [0, 0.05) is 38.9 Å². The first-order valence-electron chi connectivity index (χ1n) is 7.02. The van der Waals surface area contributed by atoms with Gasteiger partial charge in [-0.2, -0.15) is 5.10 Å². The first kappa shape index (κ1) is 13.3. The van der Waals surface area contributed by atoms with Crippen LogP contribution in [0.4, 0.5) is 0 Å². The zero-order chi connectivity index (χ0) is 13.8. The van der Waals surface area contributed by atoms with Crippen LogP contribution in [0.25, 0.3) is 0 Å². The summed E-state index contributed by atoms with van der Waals surface area (Å²) in [5.41, 5.74) is 2.08. The van der Waals surface area contributed by atoms with Crippen LogP contribution in [0.5, 0.6) is 0 Å². The highest BCUT2D eigenvalue weighted by molar-refractivity contribution is 5.07. The standard InChI is InChI=1S/C14H20N4O2/c1-18-13(4-5-17-18)14-11(3-2-6-20-14)7-15-8-12-9-19-10-16-12/h4-5,9-11,14-15H,2-3,6-8H2,1H3/t11-,14+/m0/s1. The Hall–Kier alpha value is -1.66. The van der Waals surface area contributed by atoms with E-state index < -0.39 is 0 Å². The van der Waals surface area contributed by atoms with Gasteiger partial charge in [-0.25, -0.2) is 4.98 Å². The van der Waals surface area contributed by atoms with Crippen molar-refractivity contribution in [3.63, 3.8) is 0 Å². The second-order valence-electron chi connectivity index (χ2n) is 5.18. The van der Waals surface area contributed by atoms with E-state index >= 15 is 0 Å². The Kier molecular flexibility index (Phi) is 4.13. The molecule has 1 fully saturated rings. The predicted octanol–water partition coefficient (Wildman–Crippen LogP) is 1.67. The van der Waals surface area contributed by atoms with E-state index in [0.717, 1.165) is 37.5 Å². The van der Waals surface area contributed by atoms with Crippen LogP contribution >= 0.6 is 0 Å². The van der Waals surface area contributed by atoms with Crippen molar-refractivity contribution in [2.24, 2.45) is 13.0 Å². The van der Waals surface area contributed by atoms with Gasteiger partial charge < -0.3 is 14.5 Å². The molecule has 1 aliphatic rings. The molecule has 0 radical (unpaired) electrons. The van der Waals surface area contributed by atoms with Gasteiger partial charge in [0.15, 0.2) is 6.39 Å². The maximum atomic E-state index is 5.97. The van der Waals surface area contributed by atoms with Gasteiger partial charge in [-0.05, 0) is 18.9 Å². The lowest BCUT2D eigenvalue weighted by molar-refractivity contribution is -0.0323. The number of ether oxygens (including phenoxy) is 1. The summed E-state index contributed by atoms with van der Waals surface area (Å²) in [7, 11) is 1.97. The predicted molar refractivity (Wildman–Crippen MR) is 72.8 cm³/mol. The van der Waals surface area contributed by atoms with Crippen LogP contribution in [0.15, 0.2) is 29.3 Å². The Morgan fingerprint density at radius 2 is 2.45 bits per heavy atom. The summed E-state index contributed by atoms with van der Waals surface area (Å²) in [6.45, 7) is 2.46. The van der Waals surface area contributed by atoms with Crippen LogP contribution in [0, 0.1) is 5.92 Å². The zero-order valence-electron chi connectivity index (χ0n) is 11.7. The van der Waals surface area contributed by atoms with Gasteiger partial charge in [-0.1, -0.05) is 0 Å². The van der Waals surface area contributed by atoms with Gasteiger partial charge >= 0.3 is 0 Å². The van der Waals surface area contributed by atoms with Gasteiger partial charge in [0.2, 0.25) is 0 Å². The molecule has 6 nitrogen and oxygen atoms in total. The van der Waals surface area contributed by atoms with Crippen LogP contribution in [-0.4, -0.2) is 27.9 Å². The van der Waals surface area contributed by atoms with Crippen LogP contribution in [0.2, 0.25) is 0 Å². The number of rotatable bonds is 5. The Bertz CT molecular complexity index is 523. The second kappa shape index (κ2) is 6.19. The first-order chi connectivity index (χ1) is 9.84. The summed E-state index contributed by atoms with van der Waals surface area (Å²) in [6, 6.07) is 2.04. The fourth-order valence-electron chi connectivity index (χ4n) is 2.75. The van der Waals surface area contributed by atoms with E-state index in [4.69, 9.17) is 9.15 Å². The molecule has 0 amide bonds. The Morgan fingerprint density at radius 1 is 1.50 bits per heavy atom. The zero-order valence-corrected chi connectivity index (χ0v) is 11.7. The summed E-state index contributed by atoms with van der Waals surface area (Å²) in [5.74, 6) is 0.464. The molecule has 0 aliphatic carbocycles. The highest BCUT2D eigenvalue weighted by Gasteiger charge is 2.29. The molecule has 3 rings (SSSR count). The molecule has 2 aromatic rings. The van der Waals surface area contributed by atoms with E-state index in [9.17, 15) is 0 Å². The third kappa shape index (κ3) is 2.91. The van der Waals surface area contributed by atoms with Crippen LogP contribution in [-0.2, 0) is 18.3 Å². The quantitative estimate of drug-likeness (QED) is 0.900. The fraction of sp³-hybridized carbons (Fsp3) is 0.571. The van der Waals surface area contributed by atoms with Crippen LogP contribution < -0.4 is 5.32 Å². The maximum absolute atomic E-state index is 5.97.